The van der Waals surface area contributed by atoms with Gasteiger partial charge in [0.05, 0.1) is 10.7 Å². The molecule has 100 valence electrons. The number of hydrogen-bond donors (Lipinski definition) is 2. The SMILES string of the molecule is OCC1CCCCC1NCc1csc(C2CC2)n1. The van der Waals surface area contributed by atoms with Crippen LogP contribution in [0.15, 0.2) is 5.38 Å². The molecule has 4 heteroatoms. The number of aromatic nitrogens is 1. The molecular weight excluding hydrogens is 244 g/mol. The Labute approximate surface area is 113 Å². The lowest BCUT2D eigenvalue weighted by atomic mass is 9.85. The van der Waals surface area contributed by atoms with Gasteiger partial charge in [-0.3, -0.25) is 0 Å². The van der Waals surface area contributed by atoms with Crippen LogP contribution in [0.25, 0.3) is 0 Å². The average Bonchev–Trinajstić information content (AvgIpc) is 3.16. The maximum Gasteiger partial charge on any atom is 0.0959 e. The molecule has 2 saturated carbocycles. The number of thiazole rings is 1. The third-order valence-electron chi connectivity index (χ3n) is 4.19. The van der Waals surface area contributed by atoms with Gasteiger partial charge in [0.2, 0.25) is 0 Å². The topological polar surface area (TPSA) is 45.1 Å². The molecule has 18 heavy (non-hydrogen) atoms. The molecule has 1 aromatic heterocycles. The second-order valence-electron chi connectivity index (χ2n) is 5.67. The van der Waals surface area contributed by atoms with Gasteiger partial charge in [-0.25, -0.2) is 4.98 Å². The molecule has 0 spiro atoms. The van der Waals surface area contributed by atoms with E-state index in [-0.39, 0.29) is 0 Å². The largest absolute Gasteiger partial charge is 0.396 e. The summed E-state index contributed by atoms with van der Waals surface area (Å²) >= 11 is 1.81. The van der Waals surface area contributed by atoms with Crippen molar-refractivity contribution in [3.63, 3.8) is 0 Å². The molecule has 1 aromatic rings. The minimum Gasteiger partial charge on any atom is -0.396 e. The van der Waals surface area contributed by atoms with Crippen molar-refractivity contribution in [2.45, 2.75) is 57.0 Å². The summed E-state index contributed by atoms with van der Waals surface area (Å²) in [6.07, 6.45) is 7.58. The Bertz CT molecular complexity index is 389. The highest BCUT2D eigenvalue weighted by atomic mass is 32.1. The molecular formula is C14H22N2OS. The van der Waals surface area contributed by atoms with Crippen molar-refractivity contribution < 1.29 is 5.11 Å². The smallest absolute Gasteiger partial charge is 0.0959 e. The molecule has 2 fully saturated rings. The van der Waals surface area contributed by atoms with Crippen molar-refractivity contribution in [2.24, 2.45) is 5.92 Å². The molecule has 1 heterocycles. The van der Waals surface area contributed by atoms with Crippen molar-refractivity contribution in [1.82, 2.24) is 10.3 Å². The minimum atomic E-state index is 0.321. The fraction of sp³-hybridized carbons (Fsp3) is 0.786. The van der Waals surface area contributed by atoms with Crippen LogP contribution in [0.2, 0.25) is 0 Å². The zero-order valence-corrected chi connectivity index (χ0v) is 11.6. The van der Waals surface area contributed by atoms with Gasteiger partial charge in [-0.1, -0.05) is 12.8 Å². The first-order chi connectivity index (χ1) is 8.86. The Morgan fingerprint density at radius 1 is 1.28 bits per heavy atom. The summed E-state index contributed by atoms with van der Waals surface area (Å²) in [5.74, 6) is 1.21. The van der Waals surface area contributed by atoms with Crippen LogP contribution in [0.3, 0.4) is 0 Å². The van der Waals surface area contributed by atoms with E-state index in [1.807, 2.05) is 11.3 Å². The minimum absolute atomic E-state index is 0.321. The zero-order valence-electron chi connectivity index (χ0n) is 10.8. The van der Waals surface area contributed by atoms with Crippen molar-refractivity contribution in [3.05, 3.63) is 16.1 Å². The van der Waals surface area contributed by atoms with Gasteiger partial charge in [0.15, 0.2) is 0 Å². The second-order valence-corrected chi connectivity index (χ2v) is 6.56. The second kappa shape index (κ2) is 5.68. The lowest BCUT2D eigenvalue weighted by Gasteiger charge is -2.30. The molecule has 2 aliphatic rings. The number of rotatable bonds is 5. The van der Waals surface area contributed by atoms with Crippen LogP contribution in [-0.4, -0.2) is 22.7 Å². The van der Waals surface area contributed by atoms with Crippen LogP contribution < -0.4 is 5.32 Å². The Balaban J connectivity index is 1.52. The quantitative estimate of drug-likeness (QED) is 0.861. The van der Waals surface area contributed by atoms with Crippen LogP contribution in [0, 0.1) is 5.92 Å². The number of aliphatic hydroxyl groups excluding tert-OH is 1. The predicted octanol–water partition coefficient (Wildman–Crippen LogP) is 2.66. The molecule has 2 aliphatic carbocycles. The van der Waals surface area contributed by atoms with Crippen molar-refractivity contribution in [2.75, 3.05) is 6.61 Å². The number of nitrogens with one attached hydrogen (secondary N) is 1. The number of aliphatic hydroxyl groups is 1. The molecule has 3 rings (SSSR count). The molecule has 0 aromatic carbocycles. The van der Waals surface area contributed by atoms with Crippen LogP contribution in [-0.2, 0) is 6.54 Å². The summed E-state index contributed by atoms with van der Waals surface area (Å²) in [6.45, 7) is 1.19. The van der Waals surface area contributed by atoms with E-state index in [4.69, 9.17) is 4.98 Å². The highest BCUT2D eigenvalue weighted by molar-refractivity contribution is 7.09. The first kappa shape index (κ1) is 12.6. The van der Waals surface area contributed by atoms with E-state index in [0.29, 0.717) is 18.6 Å². The van der Waals surface area contributed by atoms with Crippen LogP contribution in [0.4, 0.5) is 0 Å². The first-order valence-electron chi connectivity index (χ1n) is 7.15. The lowest BCUT2D eigenvalue weighted by molar-refractivity contribution is 0.152. The Morgan fingerprint density at radius 3 is 2.89 bits per heavy atom. The number of hydrogen-bond acceptors (Lipinski definition) is 4. The van der Waals surface area contributed by atoms with Gasteiger partial charge in [0, 0.05) is 30.5 Å². The molecule has 2 atom stereocenters. The van der Waals surface area contributed by atoms with E-state index in [2.05, 4.69) is 10.7 Å². The van der Waals surface area contributed by atoms with E-state index < -0.39 is 0 Å². The Morgan fingerprint density at radius 2 is 2.11 bits per heavy atom. The fourth-order valence-electron chi connectivity index (χ4n) is 2.85. The average molecular weight is 266 g/mol. The normalized spacial score (nSPS) is 28.5. The van der Waals surface area contributed by atoms with Gasteiger partial charge < -0.3 is 10.4 Å². The molecule has 0 amide bonds. The van der Waals surface area contributed by atoms with Crippen LogP contribution in [0.5, 0.6) is 0 Å². The summed E-state index contributed by atoms with van der Waals surface area (Å²) in [5, 5.41) is 16.5. The molecule has 2 N–H and O–H groups in total. The summed E-state index contributed by atoms with van der Waals surface area (Å²) in [6, 6.07) is 0.481. The third-order valence-corrected chi connectivity index (χ3v) is 5.24. The van der Waals surface area contributed by atoms with E-state index in [1.165, 1.54) is 49.2 Å². The first-order valence-corrected chi connectivity index (χ1v) is 8.03. The van der Waals surface area contributed by atoms with Crippen LogP contribution >= 0.6 is 11.3 Å². The molecule has 0 radical (unpaired) electrons. The Hall–Kier alpha value is -0.450. The zero-order chi connectivity index (χ0) is 12.4. The van der Waals surface area contributed by atoms with Gasteiger partial charge in [-0.2, -0.15) is 0 Å². The van der Waals surface area contributed by atoms with Gasteiger partial charge >= 0.3 is 0 Å². The molecule has 0 saturated heterocycles. The predicted molar refractivity (Wildman–Crippen MR) is 73.8 cm³/mol. The van der Waals surface area contributed by atoms with Gasteiger partial charge in [-0.15, -0.1) is 11.3 Å². The molecule has 0 bridgehead atoms. The maximum atomic E-state index is 9.39. The summed E-state index contributed by atoms with van der Waals surface area (Å²) in [5.41, 5.74) is 1.18. The lowest BCUT2D eigenvalue weighted by Crippen LogP contribution is -2.39. The van der Waals surface area contributed by atoms with E-state index in [1.54, 1.807) is 0 Å². The highest BCUT2D eigenvalue weighted by Crippen LogP contribution is 2.41. The summed E-state index contributed by atoms with van der Waals surface area (Å²) < 4.78 is 0. The van der Waals surface area contributed by atoms with Gasteiger partial charge in [0.1, 0.15) is 0 Å². The summed E-state index contributed by atoms with van der Waals surface area (Å²) in [4.78, 5) is 4.70. The monoisotopic (exact) mass is 266 g/mol. The van der Waals surface area contributed by atoms with Gasteiger partial charge in [-0.05, 0) is 31.6 Å². The van der Waals surface area contributed by atoms with Gasteiger partial charge in [0.25, 0.3) is 0 Å². The fourth-order valence-corrected chi connectivity index (χ4v) is 3.84. The van der Waals surface area contributed by atoms with E-state index in [9.17, 15) is 5.11 Å². The molecule has 3 nitrogen and oxygen atoms in total. The van der Waals surface area contributed by atoms with Crippen molar-refractivity contribution in [3.8, 4) is 0 Å². The maximum absolute atomic E-state index is 9.39. The van der Waals surface area contributed by atoms with Crippen molar-refractivity contribution >= 4 is 11.3 Å². The van der Waals surface area contributed by atoms with Crippen LogP contribution in [0.1, 0.15) is 55.1 Å². The van der Waals surface area contributed by atoms with E-state index >= 15 is 0 Å². The Kier molecular flexibility index (Phi) is 3.97. The van der Waals surface area contributed by atoms with Crippen molar-refractivity contribution in [1.29, 1.82) is 0 Å². The third kappa shape index (κ3) is 2.92. The number of nitrogens with zero attached hydrogens (tertiary/aromatic N) is 1. The molecule has 2 unspecified atom stereocenters. The standard InChI is InChI=1S/C14H22N2OS/c17-8-11-3-1-2-4-13(11)15-7-12-9-18-14(16-12)10-5-6-10/h9-11,13,15,17H,1-8H2. The van der Waals surface area contributed by atoms with E-state index in [0.717, 1.165) is 12.5 Å². The highest BCUT2D eigenvalue weighted by Gasteiger charge is 2.27. The molecule has 0 aliphatic heterocycles. The summed E-state index contributed by atoms with van der Waals surface area (Å²) in [7, 11) is 0.